The molecule has 1 heterocycles. The summed E-state index contributed by atoms with van der Waals surface area (Å²) in [5.41, 5.74) is 23.4. The number of nitrogens with zero attached hydrogens (tertiary/aromatic N) is 1. The highest BCUT2D eigenvalue weighted by molar-refractivity contribution is 6.32. The molecule has 0 saturated carbocycles. The van der Waals surface area contributed by atoms with E-state index in [9.17, 15) is 0 Å². The summed E-state index contributed by atoms with van der Waals surface area (Å²) < 4.78 is 0. The van der Waals surface area contributed by atoms with E-state index in [1.165, 1.54) is 116 Å². The van der Waals surface area contributed by atoms with E-state index in [0.717, 1.165) is 27.8 Å². The molecule has 0 amide bonds. The minimum Gasteiger partial charge on any atom is -0.264 e. The first-order chi connectivity index (χ1) is 37.7. The molecule has 0 aliphatic heterocycles. The van der Waals surface area contributed by atoms with E-state index in [2.05, 4.69) is 285 Å². The lowest BCUT2D eigenvalue weighted by atomic mass is 9.80. The second kappa shape index (κ2) is 19.1. The van der Waals surface area contributed by atoms with Gasteiger partial charge >= 0.3 is 0 Å². The van der Waals surface area contributed by atoms with Crippen molar-refractivity contribution in [3.8, 4) is 111 Å². The SMILES string of the molecule is c1ccc(-c2cc(-c3ccccc3)cc(-c3cc(-c4cccnc4)c4ccc5c(-c6cc(-c7ccccc7)cc(-c7ccccc7)c6)cc(-c6cc(-c7ccccc7)cc(-c7ccccc7)c6)c6ccc3c4c56)c2)cc1. The Hall–Kier alpha value is -9.95. The van der Waals surface area contributed by atoms with E-state index < -0.39 is 0 Å². The van der Waals surface area contributed by atoms with Crippen molar-refractivity contribution >= 4 is 32.3 Å². The zero-order valence-corrected chi connectivity index (χ0v) is 41.7. The van der Waals surface area contributed by atoms with E-state index in [0.29, 0.717) is 0 Å². The second-order valence-corrected chi connectivity index (χ2v) is 19.8. The smallest absolute Gasteiger partial charge is 0.0346 e. The van der Waals surface area contributed by atoms with Crippen molar-refractivity contribution in [2.75, 3.05) is 0 Å². The molecule has 1 nitrogen and oxygen atoms in total. The zero-order chi connectivity index (χ0) is 50.4. The lowest BCUT2D eigenvalue weighted by Gasteiger charge is -2.23. The highest BCUT2D eigenvalue weighted by atomic mass is 14.6. The number of benzene rings is 13. The molecule has 13 aromatic carbocycles. The molecule has 0 aliphatic rings. The van der Waals surface area contributed by atoms with Gasteiger partial charge in [-0.1, -0.05) is 212 Å². The summed E-state index contributed by atoms with van der Waals surface area (Å²) in [7, 11) is 0. The van der Waals surface area contributed by atoms with Gasteiger partial charge in [-0.25, -0.2) is 0 Å². The molecule has 0 unspecified atom stereocenters. The van der Waals surface area contributed by atoms with Crippen LogP contribution < -0.4 is 0 Å². The van der Waals surface area contributed by atoms with Crippen molar-refractivity contribution in [2.24, 2.45) is 0 Å². The Morgan fingerprint density at radius 1 is 0.171 bits per heavy atom. The maximum absolute atomic E-state index is 4.72. The maximum Gasteiger partial charge on any atom is 0.0346 e. The fourth-order valence-corrected chi connectivity index (χ4v) is 11.6. The molecule has 14 aromatic rings. The standard InChI is InChI=1S/C75H49N/c1-7-20-50(21-8-1)57-38-58(51-22-9-2-10-23-51)42-63(41-57)71-47-70(56-32-19-37-76-49-56)66-33-34-68-72(64-43-59(52-24-11-3-12-25-52)39-60(44-64)53-26-13-4-14-27-53)48-73(69-36-35-67(71)74(66)75(68)69)65-45-61(54-28-15-5-16-29-54)40-62(46-65)55-30-17-6-18-31-55/h1-49H. The molecule has 0 radical (unpaired) electrons. The summed E-state index contributed by atoms with van der Waals surface area (Å²) >= 11 is 0. The molecule has 0 bridgehead atoms. The first-order valence-corrected chi connectivity index (χ1v) is 26.1. The highest BCUT2D eigenvalue weighted by Gasteiger charge is 2.23. The van der Waals surface area contributed by atoms with Crippen molar-refractivity contribution in [2.45, 2.75) is 0 Å². The van der Waals surface area contributed by atoms with E-state index in [4.69, 9.17) is 4.98 Å². The number of aromatic nitrogens is 1. The topological polar surface area (TPSA) is 12.9 Å². The van der Waals surface area contributed by atoms with Crippen LogP contribution in [-0.2, 0) is 0 Å². The van der Waals surface area contributed by atoms with Crippen LogP contribution in [-0.4, -0.2) is 4.98 Å². The van der Waals surface area contributed by atoms with Gasteiger partial charge in [-0.3, -0.25) is 4.98 Å². The van der Waals surface area contributed by atoms with Crippen molar-refractivity contribution in [3.63, 3.8) is 0 Å². The number of rotatable bonds is 10. The minimum atomic E-state index is 1.08. The summed E-state index contributed by atoms with van der Waals surface area (Å²) in [6.07, 6.45) is 3.89. The monoisotopic (exact) mass is 963 g/mol. The Labute approximate surface area is 443 Å². The Morgan fingerprint density at radius 2 is 0.395 bits per heavy atom. The zero-order valence-electron chi connectivity index (χ0n) is 41.7. The summed E-state index contributed by atoms with van der Waals surface area (Å²) in [4.78, 5) is 4.72. The van der Waals surface area contributed by atoms with Gasteiger partial charge in [0.05, 0.1) is 0 Å². The predicted molar refractivity (Wildman–Crippen MR) is 322 cm³/mol. The summed E-state index contributed by atoms with van der Waals surface area (Å²) in [5, 5.41) is 7.31. The molecule has 0 spiro atoms. The number of hydrogen-bond donors (Lipinski definition) is 0. The van der Waals surface area contributed by atoms with Gasteiger partial charge in [-0.2, -0.15) is 0 Å². The van der Waals surface area contributed by atoms with Crippen molar-refractivity contribution in [1.82, 2.24) is 4.98 Å². The fraction of sp³-hybridized carbons (Fsp3) is 0. The Morgan fingerprint density at radius 3 is 0.632 bits per heavy atom. The van der Waals surface area contributed by atoms with Gasteiger partial charge < -0.3 is 0 Å². The van der Waals surface area contributed by atoms with Crippen LogP contribution in [0.2, 0.25) is 0 Å². The van der Waals surface area contributed by atoms with Crippen LogP contribution >= 0.6 is 0 Å². The Balaban J connectivity index is 1.13. The molecule has 0 N–H and O–H groups in total. The lowest BCUT2D eigenvalue weighted by molar-refractivity contribution is 1.33. The quantitative estimate of drug-likeness (QED) is 0.124. The second-order valence-electron chi connectivity index (χ2n) is 19.8. The molecule has 14 rings (SSSR count). The minimum absolute atomic E-state index is 1.08. The highest BCUT2D eigenvalue weighted by Crippen LogP contribution is 2.50. The first-order valence-electron chi connectivity index (χ1n) is 26.1. The summed E-state index contributed by atoms with van der Waals surface area (Å²) in [6.45, 7) is 0. The molecular weight excluding hydrogens is 915 g/mol. The Kier molecular flexibility index (Phi) is 11.3. The molecule has 76 heavy (non-hydrogen) atoms. The first kappa shape index (κ1) is 44.7. The van der Waals surface area contributed by atoms with Crippen molar-refractivity contribution in [1.29, 1.82) is 0 Å². The number of hydrogen-bond acceptors (Lipinski definition) is 1. The maximum atomic E-state index is 4.72. The van der Waals surface area contributed by atoms with E-state index in [-0.39, 0.29) is 0 Å². The molecule has 354 valence electrons. The third kappa shape index (κ3) is 8.22. The van der Waals surface area contributed by atoms with Gasteiger partial charge in [-0.05, 0) is 211 Å². The van der Waals surface area contributed by atoms with E-state index >= 15 is 0 Å². The van der Waals surface area contributed by atoms with Crippen LogP contribution in [0, 0.1) is 0 Å². The van der Waals surface area contributed by atoms with E-state index in [1.807, 2.05) is 12.4 Å². The van der Waals surface area contributed by atoms with Gasteiger partial charge in [0.25, 0.3) is 0 Å². The summed E-state index contributed by atoms with van der Waals surface area (Å²) in [6, 6.07) is 105. The average molecular weight is 964 g/mol. The molecule has 0 saturated heterocycles. The third-order valence-electron chi connectivity index (χ3n) is 15.2. The van der Waals surface area contributed by atoms with Crippen LogP contribution in [0.4, 0.5) is 0 Å². The average Bonchev–Trinajstić information content (AvgIpc) is 3.56. The fourth-order valence-electron chi connectivity index (χ4n) is 11.6. The van der Waals surface area contributed by atoms with E-state index in [1.54, 1.807) is 0 Å². The van der Waals surface area contributed by atoms with Gasteiger partial charge in [0.2, 0.25) is 0 Å². The van der Waals surface area contributed by atoms with Crippen LogP contribution in [0.3, 0.4) is 0 Å². The lowest BCUT2D eigenvalue weighted by Crippen LogP contribution is -1.96. The van der Waals surface area contributed by atoms with Crippen LogP contribution in [0.15, 0.2) is 298 Å². The van der Waals surface area contributed by atoms with Gasteiger partial charge in [0.15, 0.2) is 0 Å². The largest absolute Gasteiger partial charge is 0.264 e. The van der Waals surface area contributed by atoms with Crippen molar-refractivity contribution < 1.29 is 0 Å². The molecule has 0 fully saturated rings. The molecule has 1 heteroatoms. The van der Waals surface area contributed by atoms with Crippen molar-refractivity contribution in [3.05, 3.63) is 298 Å². The van der Waals surface area contributed by atoms with Crippen LogP contribution in [0.5, 0.6) is 0 Å². The van der Waals surface area contributed by atoms with Gasteiger partial charge in [0.1, 0.15) is 0 Å². The Bertz CT molecular complexity index is 4060. The predicted octanol–water partition coefficient (Wildman–Crippen LogP) is 20.6. The van der Waals surface area contributed by atoms with Gasteiger partial charge in [0, 0.05) is 18.0 Å². The molecule has 0 atom stereocenters. The van der Waals surface area contributed by atoms with Crippen LogP contribution in [0.1, 0.15) is 0 Å². The summed E-state index contributed by atoms with van der Waals surface area (Å²) in [5.74, 6) is 0. The normalized spacial score (nSPS) is 11.4. The molecular formula is C75H49N. The molecule has 0 aliphatic carbocycles. The molecule has 1 aromatic heterocycles. The third-order valence-corrected chi connectivity index (χ3v) is 15.2. The van der Waals surface area contributed by atoms with Crippen LogP contribution in [0.25, 0.3) is 144 Å². The van der Waals surface area contributed by atoms with Gasteiger partial charge in [-0.15, -0.1) is 0 Å². The number of pyridine rings is 1.